The van der Waals surface area contributed by atoms with Crippen LogP contribution in [0.3, 0.4) is 0 Å². The molecule has 0 aromatic heterocycles. The van der Waals surface area contributed by atoms with E-state index >= 15 is 0 Å². The Labute approximate surface area is 336 Å². The molecule has 4 aliphatic rings. The van der Waals surface area contributed by atoms with Crippen molar-refractivity contribution in [2.24, 2.45) is 17.8 Å². The molecule has 4 aliphatic heterocycles. The molecule has 0 amide bonds. The summed E-state index contributed by atoms with van der Waals surface area (Å²) in [6, 6.07) is 0. The van der Waals surface area contributed by atoms with Crippen LogP contribution < -0.4 is 0 Å². The van der Waals surface area contributed by atoms with Crippen LogP contribution >= 0.6 is 0 Å². The number of aliphatic hydroxyl groups is 1. The fourth-order valence-electron chi connectivity index (χ4n) is 7.85. The summed E-state index contributed by atoms with van der Waals surface area (Å²) in [7, 11) is 4.49. The lowest BCUT2D eigenvalue weighted by molar-refractivity contribution is -0.307. The van der Waals surface area contributed by atoms with Crippen LogP contribution in [-0.4, -0.2) is 142 Å². The molecule has 0 spiro atoms. The fraction of sp³-hybridized carbons (Fsp3) is 0.805. The average molecular weight is 813 g/mol. The topological polar surface area (TPSA) is 193 Å². The second kappa shape index (κ2) is 20.9. The molecule has 3 saturated heterocycles. The Morgan fingerprint density at radius 2 is 1.44 bits per heavy atom. The third kappa shape index (κ3) is 12.1. The molecule has 0 bridgehead atoms. The monoisotopic (exact) mass is 812 g/mol. The molecule has 4 heterocycles. The first kappa shape index (κ1) is 46.9. The quantitative estimate of drug-likeness (QED) is 0.171. The van der Waals surface area contributed by atoms with E-state index in [9.17, 15) is 24.3 Å². The van der Waals surface area contributed by atoms with Gasteiger partial charge in [0, 0.05) is 58.5 Å². The highest BCUT2D eigenvalue weighted by Gasteiger charge is 2.51. The Morgan fingerprint density at radius 1 is 0.789 bits per heavy atom. The van der Waals surface area contributed by atoms with Gasteiger partial charge in [-0.3, -0.25) is 14.4 Å². The number of epoxide rings is 1. The Kier molecular flexibility index (Phi) is 17.2. The zero-order valence-electron chi connectivity index (χ0n) is 35.2. The Hall–Kier alpha value is -2.80. The number of rotatable bonds is 12. The van der Waals surface area contributed by atoms with Crippen molar-refractivity contribution in [1.29, 1.82) is 0 Å². The van der Waals surface area contributed by atoms with Crippen molar-refractivity contribution in [3.05, 3.63) is 24.3 Å². The average Bonchev–Trinajstić information content (AvgIpc) is 3.94. The van der Waals surface area contributed by atoms with Crippen molar-refractivity contribution >= 4 is 23.7 Å². The smallest absolute Gasteiger partial charge is 0.330 e. The summed E-state index contributed by atoms with van der Waals surface area (Å²) in [6.07, 6.45) is -2.39. The molecule has 0 unspecified atom stereocenters. The summed E-state index contributed by atoms with van der Waals surface area (Å²) in [4.78, 5) is 51.6. The Bertz CT molecular complexity index is 1410. The predicted octanol–water partition coefficient (Wildman–Crippen LogP) is 3.38. The van der Waals surface area contributed by atoms with Crippen molar-refractivity contribution in [1.82, 2.24) is 0 Å². The number of carbonyl (C=O) groups is 4. The van der Waals surface area contributed by atoms with Gasteiger partial charge in [-0.25, -0.2) is 4.79 Å². The largest absolute Gasteiger partial charge is 0.459 e. The van der Waals surface area contributed by atoms with Gasteiger partial charge in [-0.15, -0.1) is 0 Å². The van der Waals surface area contributed by atoms with Gasteiger partial charge in [-0.1, -0.05) is 33.8 Å². The second-order valence-electron chi connectivity index (χ2n) is 15.8. The molecular formula is C41H64O16. The van der Waals surface area contributed by atoms with E-state index < -0.39 is 121 Å². The number of hydrogen-bond acceptors (Lipinski definition) is 16. The lowest BCUT2D eigenvalue weighted by Gasteiger charge is -2.44. The van der Waals surface area contributed by atoms with E-state index in [1.54, 1.807) is 39.8 Å². The predicted molar refractivity (Wildman–Crippen MR) is 201 cm³/mol. The van der Waals surface area contributed by atoms with Crippen LogP contribution in [0.4, 0.5) is 0 Å². The highest BCUT2D eigenvalue weighted by molar-refractivity contribution is 5.96. The molecule has 4 rings (SSSR count). The first-order chi connectivity index (χ1) is 27.0. The Morgan fingerprint density at radius 3 is 2.05 bits per heavy atom. The van der Waals surface area contributed by atoms with E-state index in [4.69, 9.17) is 52.1 Å². The number of hydrogen-bond donors (Lipinski definition) is 1. The first-order valence-electron chi connectivity index (χ1n) is 20.0. The summed E-state index contributed by atoms with van der Waals surface area (Å²) in [5, 5.41) is 11.5. The minimum absolute atomic E-state index is 0.0112. The van der Waals surface area contributed by atoms with Crippen LogP contribution in [0.15, 0.2) is 24.3 Å². The fourth-order valence-corrected chi connectivity index (χ4v) is 7.85. The van der Waals surface area contributed by atoms with Gasteiger partial charge in [0.2, 0.25) is 0 Å². The summed E-state index contributed by atoms with van der Waals surface area (Å²) < 4.78 is 65.6. The van der Waals surface area contributed by atoms with Crippen molar-refractivity contribution < 1.29 is 76.4 Å². The molecule has 17 atom stereocenters. The third-order valence-electron chi connectivity index (χ3n) is 11.2. The molecule has 3 fully saturated rings. The standard InChI is InChI=1S/C41H64O16/c1-12-30(43)55-34-25(7)53-39(38(49-11)37(34)48-10)50-20-26-24(6)52-32(45)17-14-21(3)33(22(4)19-41(8,46)29(42)16-15-27-35(26)54-27)57-40-36(56-31(44)13-2)28(47-9)18-23(5)51-40/h14-17,21-28,33-40,46H,12-13,18-20H2,1-11H3/b16-15+,17-14+/t21-,22-,23+,24+,25+,26+,27-,28-,33+,34+,35-,36+,37+,38+,39+,40-,41-/m0/s1. The number of carbonyl (C=O) groups excluding carboxylic acids is 4. The van der Waals surface area contributed by atoms with E-state index in [2.05, 4.69) is 0 Å². The summed E-state index contributed by atoms with van der Waals surface area (Å²) in [5.41, 5.74) is -1.80. The highest BCUT2D eigenvalue weighted by Crippen LogP contribution is 2.37. The van der Waals surface area contributed by atoms with E-state index in [1.807, 2.05) is 20.8 Å². The summed E-state index contributed by atoms with van der Waals surface area (Å²) >= 11 is 0. The molecule has 0 aliphatic carbocycles. The Balaban J connectivity index is 1.57. The maximum atomic E-state index is 13.5. The van der Waals surface area contributed by atoms with Crippen molar-refractivity contribution in [3.8, 4) is 0 Å². The number of esters is 3. The minimum atomic E-state index is -1.80. The van der Waals surface area contributed by atoms with Crippen molar-refractivity contribution in [2.45, 2.75) is 166 Å². The molecule has 0 aromatic rings. The van der Waals surface area contributed by atoms with Gasteiger partial charge < -0.3 is 57.2 Å². The van der Waals surface area contributed by atoms with Gasteiger partial charge in [-0.05, 0) is 52.2 Å². The van der Waals surface area contributed by atoms with Gasteiger partial charge in [0.15, 0.2) is 30.6 Å². The van der Waals surface area contributed by atoms with Crippen LogP contribution in [0.25, 0.3) is 0 Å². The second-order valence-corrected chi connectivity index (χ2v) is 15.8. The van der Waals surface area contributed by atoms with Crippen LogP contribution in [0.1, 0.15) is 81.1 Å². The van der Waals surface area contributed by atoms with Gasteiger partial charge in [0.1, 0.15) is 36.1 Å². The van der Waals surface area contributed by atoms with E-state index in [-0.39, 0.29) is 32.0 Å². The van der Waals surface area contributed by atoms with Gasteiger partial charge >= 0.3 is 17.9 Å². The van der Waals surface area contributed by atoms with Gasteiger partial charge in [0.05, 0.1) is 31.0 Å². The molecule has 0 aromatic carbocycles. The maximum absolute atomic E-state index is 13.5. The number of methoxy groups -OCH3 is 3. The number of ether oxygens (including phenoxy) is 11. The van der Waals surface area contributed by atoms with Gasteiger partial charge in [-0.2, -0.15) is 0 Å². The summed E-state index contributed by atoms with van der Waals surface area (Å²) in [6.45, 7) is 13.8. The third-order valence-corrected chi connectivity index (χ3v) is 11.2. The van der Waals surface area contributed by atoms with E-state index in [1.165, 1.54) is 40.4 Å². The SMILES string of the molecule is CCC(=O)O[C@H]1[C@H](O[C@@H]2[C@@H](C)/C=C/C(=O)O[C@H](C)[C@@H](CO[C@@H]3O[C@H](C)[C@@H](OC(=O)CC)[C@@H](OC)[C@H]3OC)[C@@H]3O[C@H]3/C=C/C(=O)[C@@](C)(O)C[C@@H]2C)O[C@H](C)C[C@@H]1OC. The minimum Gasteiger partial charge on any atom is -0.459 e. The number of fused-ring (bicyclic) bond motifs is 1. The molecule has 1 N–H and O–H groups in total. The van der Waals surface area contributed by atoms with Crippen molar-refractivity contribution in [3.63, 3.8) is 0 Å². The lowest BCUT2D eigenvalue weighted by atomic mass is 9.82. The molecular weight excluding hydrogens is 748 g/mol. The highest BCUT2D eigenvalue weighted by atomic mass is 16.7. The zero-order chi connectivity index (χ0) is 42.2. The van der Waals surface area contributed by atoms with Crippen LogP contribution in [0.5, 0.6) is 0 Å². The number of cyclic esters (lactones) is 1. The van der Waals surface area contributed by atoms with Crippen LogP contribution in [0, 0.1) is 17.8 Å². The number of ketones is 1. The normalized spacial score (nSPS) is 42.9. The van der Waals surface area contributed by atoms with Crippen molar-refractivity contribution in [2.75, 3.05) is 27.9 Å². The zero-order valence-corrected chi connectivity index (χ0v) is 35.2. The van der Waals surface area contributed by atoms with Crippen LogP contribution in [0.2, 0.25) is 0 Å². The van der Waals surface area contributed by atoms with Crippen LogP contribution in [-0.2, 0) is 71.3 Å². The first-order valence-corrected chi connectivity index (χ1v) is 20.0. The summed E-state index contributed by atoms with van der Waals surface area (Å²) in [5.74, 6) is -3.50. The van der Waals surface area contributed by atoms with E-state index in [0.717, 1.165) is 0 Å². The molecule has 0 radical (unpaired) electrons. The maximum Gasteiger partial charge on any atom is 0.330 e. The van der Waals surface area contributed by atoms with Gasteiger partial charge in [0.25, 0.3) is 0 Å². The molecule has 0 saturated carbocycles. The molecule has 16 heteroatoms. The van der Waals surface area contributed by atoms with E-state index in [0.29, 0.717) is 6.42 Å². The lowest BCUT2D eigenvalue weighted by Crippen LogP contribution is -2.60. The molecule has 324 valence electrons. The molecule has 57 heavy (non-hydrogen) atoms. The molecule has 16 nitrogen and oxygen atoms in total.